The van der Waals surface area contributed by atoms with Gasteiger partial charge in [0.05, 0.1) is 11.7 Å². The second-order valence-electron chi connectivity index (χ2n) is 11.7. The van der Waals surface area contributed by atoms with Crippen LogP contribution in [0.4, 0.5) is 10.5 Å². The summed E-state index contributed by atoms with van der Waals surface area (Å²) in [6.45, 7) is 11.7. The summed E-state index contributed by atoms with van der Waals surface area (Å²) >= 11 is 3.52. The number of piperidine rings is 1. The van der Waals surface area contributed by atoms with Gasteiger partial charge >= 0.3 is 13.2 Å². The van der Waals surface area contributed by atoms with Crippen molar-refractivity contribution in [2.45, 2.75) is 96.4 Å². The van der Waals surface area contributed by atoms with E-state index < -0.39 is 11.2 Å². The second-order valence-corrected chi connectivity index (χ2v) is 12.6. The van der Waals surface area contributed by atoms with Gasteiger partial charge in [-0.15, -0.1) is 0 Å². The molecule has 0 radical (unpaired) electrons. The second kappa shape index (κ2) is 10.5. The number of amides is 1. The maximum absolute atomic E-state index is 13.0. The molecule has 3 aliphatic rings. The lowest BCUT2D eigenvalue weighted by Gasteiger charge is -2.37. The number of hydrogen-bond acceptors (Lipinski definition) is 5. The normalized spacial score (nSPS) is 25.5. The topological polar surface area (TPSA) is 74.0 Å². The quantitative estimate of drug-likeness (QED) is 0.337. The van der Waals surface area contributed by atoms with Crippen molar-refractivity contribution in [3.05, 3.63) is 39.8 Å². The van der Waals surface area contributed by atoms with Gasteiger partial charge in [0.2, 0.25) is 0 Å². The van der Waals surface area contributed by atoms with Crippen LogP contribution in [0, 0.1) is 5.92 Å². The van der Waals surface area contributed by atoms with E-state index >= 15 is 0 Å². The summed E-state index contributed by atoms with van der Waals surface area (Å²) in [7, 11) is -0.290. The minimum atomic E-state index is -0.661. The van der Waals surface area contributed by atoms with Crippen molar-refractivity contribution in [1.82, 2.24) is 4.90 Å². The zero-order valence-electron chi connectivity index (χ0n) is 21.8. The van der Waals surface area contributed by atoms with E-state index in [0.717, 1.165) is 41.8 Å². The van der Waals surface area contributed by atoms with Crippen molar-refractivity contribution in [2.24, 2.45) is 5.92 Å². The summed E-state index contributed by atoms with van der Waals surface area (Å²) in [5, 5.41) is 0. The lowest BCUT2D eigenvalue weighted by Crippen LogP contribution is -2.45. The molecule has 8 heteroatoms. The van der Waals surface area contributed by atoms with E-state index in [2.05, 4.69) is 54.9 Å². The van der Waals surface area contributed by atoms with Crippen LogP contribution in [0.5, 0.6) is 0 Å². The van der Waals surface area contributed by atoms with E-state index in [4.69, 9.17) is 19.8 Å². The van der Waals surface area contributed by atoms with Crippen LogP contribution in [-0.4, -0.2) is 48.5 Å². The highest BCUT2D eigenvalue weighted by Gasteiger charge is 2.49. The Kier molecular flexibility index (Phi) is 7.94. The smallest absolute Gasteiger partial charge is 0.443 e. The van der Waals surface area contributed by atoms with Gasteiger partial charge in [0.1, 0.15) is 5.60 Å². The first-order valence-corrected chi connectivity index (χ1v) is 13.8. The molecule has 0 bridgehead atoms. The van der Waals surface area contributed by atoms with Crippen molar-refractivity contribution >= 4 is 34.8 Å². The van der Waals surface area contributed by atoms with Crippen molar-refractivity contribution in [3.63, 3.8) is 0 Å². The number of halogens is 1. The lowest BCUT2D eigenvalue weighted by atomic mass is 9.71. The Morgan fingerprint density at radius 3 is 2.63 bits per heavy atom. The molecule has 35 heavy (non-hydrogen) atoms. The molecule has 2 aliphatic heterocycles. The van der Waals surface area contributed by atoms with E-state index in [1.807, 2.05) is 24.8 Å². The van der Waals surface area contributed by atoms with Crippen molar-refractivity contribution in [1.29, 1.82) is 0 Å². The number of nitrogens with zero attached hydrogens (tertiary/aromatic N) is 1. The van der Waals surface area contributed by atoms with Gasteiger partial charge in [-0.3, -0.25) is 0 Å². The highest BCUT2D eigenvalue weighted by molar-refractivity contribution is 9.10. The standard InChI is InChI=1S/C27H40BBrN2O4/c1-18-6-9-21(10-7-18)28-34-24(27(4,5)35-28)17-26(2,3)33-25(32)31-14-12-19(13-15-31)20-8-11-23(30)22(29)16-20/h8-9,11,16,18-19,24H,6-7,10,12-15,17,30H2,1-5H3. The Balaban J connectivity index is 1.30. The number of rotatable bonds is 5. The number of allylic oxidation sites excluding steroid dienone is 2. The molecule has 2 saturated heterocycles. The van der Waals surface area contributed by atoms with Crippen LogP contribution in [0.25, 0.3) is 0 Å². The predicted octanol–water partition coefficient (Wildman–Crippen LogP) is 6.48. The first-order chi connectivity index (χ1) is 16.4. The van der Waals surface area contributed by atoms with E-state index in [1.165, 1.54) is 17.5 Å². The molecule has 6 nitrogen and oxygen atoms in total. The predicted molar refractivity (Wildman–Crippen MR) is 144 cm³/mol. The van der Waals surface area contributed by atoms with Crippen molar-refractivity contribution < 1.29 is 18.8 Å². The van der Waals surface area contributed by atoms with Crippen LogP contribution < -0.4 is 5.73 Å². The number of hydrogen-bond donors (Lipinski definition) is 1. The van der Waals surface area contributed by atoms with Crippen LogP contribution in [0.15, 0.2) is 34.2 Å². The summed E-state index contributed by atoms with van der Waals surface area (Å²) in [6.07, 6.45) is 7.58. The van der Waals surface area contributed by atoms with E-state index in [1.54, 1.807) is 0 Å². The molecule has 1 aromatic carbocycles. The Morgan fingerprint density at radius 2 is 2.00 bits per heavy atom. The maximum atomic E-state index is 13.0. The van der Waals surface area contributed by atoms with E-state index in [0.29, 0.717) is 25.4 Å². The molecule has 2 fully saturated rings. The Labute approximate surface area is 219 Å². The van der Waals surface area contributed by atoms with Crippen LogP contribution in [0.2, 0.25) is 0 Å². The largest absolute Gasteiger partial charge is 0.490 e. The molecule has 2 N–H and O–H groups in total. The van der Waals surface area contributed by atoms with E-state index in [-0.39, 0.29) is 19.3 Å². The van der Waals surface area contributed by atoms with Gasteiger partial charge in [-0.25, -0.2) is 4.79 Å². The Morgan fingerprint density at radius 1 is 1.29 bits per heavy atom. The number of ether oxygens (including phenoxy) is 1. The molecular formula is C27H40BBrN2O4. The summed E-state index contributed by atoms with van der Waals surface area (Å²) in [5.74, 6) is 1.14. The molecule has 2 atom stereocenters. The third kappa shape index (κ3) is 6.44. The molecule has 0 spiro atoms. The Bertz CT molecular complexity index is 958. The molecule has 0 saturated carbocycles. The van der Waals surface area contributed by atoms with Gasteiger partial charge in [-0.1, -0.05) is 19.1 Å². The van der Waals surface area contributed by atoms with Crippen molar-refractivity contribution in [3.8, 4) is 0 Å². The monoisotopic (exact) mass is 546 g/mol. The molecular weight excluding hydrogens is 507 g/mol. The van der Waals surface area contributed by atoms with Crippen LogP contribution in [-0.2, 0) is 14.0 Å². The maximum Gasteiger partial charge on any atom is 0.490 e. The minimum Gasteiger partial charge on any atom is -0.443 e. The fourth-order valence-corrected chi connectivity index (χ4v) is 5.73. The SMILES string of the molecule is CC1CC=C(B2OC(CC(C)(C)OC(=O)N3CCC(c4ccc(N)c(Br)c4)CC3)C(C)(C)O2)CC1. The van der Waals surface area contributed by atoms with Gasteiger partial charge < -0.3 is 24.7 Å². The van der Waals surface area contributed by atoms with Crippen LogP contribution >= 0.6 is 15.9 Å². The number of likely N-dealkylation sites (tertiary alicyclic amines) is 1. The van der Waals surface area contributed by atoms with Gasteiger partial charge in [-0.2, -0.15) is 0 Å². The number of anilines is 1. The fraction of sp³-hybridized carbons (Fsp3) is 0.667. The number of nitrogen functional groups attached to an aromatic ring is 1. The van der Waals surface area contributed by atoms with Gasteiger partial charge in [0, 0.05) is 29.7 Å². The highest BCUT2D eigenvalue weighted by Crippen LogP contribution is 2.38. The molecule has 1 aromatic rings. The van der Waals surface area contributed by atoms with Gasteiger partial charge in [0.25, 0.3) is 0 Å². The van der Waals surface area contributed by atoms with Gasteiger partial charge in [0.15, 0.2) is 0 Å². The van der Waals surface area contributed by atoms with E-state index in [9.17, 15) is 4.79 Å². The number of benzene rings is 1. The van der Waals surface area contributed by atoms with Gasteiger partial charge in [-0.05, 0) is 111 Å². The number of carbonyl (C=O) groups excluding carboxylic acids is 1. The highest BCUT2D eigenvalue weighted by atomic mass is 79.9. The molecule has 2 unspecified atom stereocenters. The molecule has 4 rings (SSSR count). The summed E-state index contributed by atoms with van der Waals surface area (Å²) in [5.41, 5.74) is 8.09. The first kappa shape index (κ1) is 26.6. The van der Waals surface area contributed by atoms with Crippen molar-refractivity contribution in [2.75, 3.05) is 18.8 Å². The third-order valence-corrected chi connectivity index (χ3v) is 8.46. The fourth-order valence-electron chi connectivity index (χ4n) is 5.33. The zero-order valence-corrected chi connectivity index (χ0v) is 23.4. The first-order valence-electron chi connectivity index (χ1n) is 13.0. The zero-order chi connectivity index (χ0) is 25.4. The molecule has 2 heterocycles. The average Bonchev–Trinajstić information content (AvgIpc) is 3.09. The molecule has 192 valence electrons. The van der Waals surface area contributed by atoms with Crippen LogP contribution in [0.1, 0.15) is 84.6 Å². The lowest BCUT2D eigenvalue weighted by molar-refractivity contribution is -0.0338. The number of nitrogens with two attached hydrogens (primary N) is 1. The minimum absolute atomic E-state index is 0.148. The number of carbonyl (C=O) groups is 1. The molecule has 0 aromatic heterocycles. The third-order valence-electron chi connectivity index (χ3n) is 7.77. The molecule has 1 aliphatic carbocycles. The average molecular weight is 547 g/mol. The van der Waals surface area contributed by atoms with Crippen LogP contribution in [0.3, 0.4) is 0 Å². The summed E-state index contributed by atoms with van der Waals surface area (Å²) in [4.78, 5) is 14.9. The Hall–Kier alpha value is -1.51. The molecule has 1 amide bonds. The summed E-state index contributed by atoms with van der Waals surface area (Å²) in [6, 6.07) is 6.12. The summed E-state index contributed by atoms with van der Waals surface area (Å²) < 4.78 is 19.7.